The second-order valence-corrected chi connectivity index (χ2v) is 5.64. The van der Waals surface area contributed by atoms with Gasteiger partial charge in [0.15, 0.2) is 0 Å². The molecule has 0 amide bonds. The number of fused-ring (bicyclic) bond motifs is 1. The van der Waals surface area contributed by atoms with E-state index in [0.717, 1.165) is 5.75 Å². The van der Waals surface area contributed by atoms with E-state index < -0.39 is 0 Å². The Morgan fingerprint density at radius 1 is 1.00 bits per heavy atom. The highest BCUT2D eigenvalue weighted by molar-refractivity contribution is 5.55. The average Bonchev–Trinajstić information content (AvgIpc) is 2.63. The lowest BCUT2D eigenvalue weighted by Crippen LogP contribution is -2.34. The first-order chi connectivity index (χ1) is 9.08. The van der Waals surface area contributed by atoms with E-state index in [1.165, 1.54) is 16.8 Å². The molecule has 2 nitrogen and oxygen atoms in total. The van der Waals surface area contributed by atoms with Crippen LogP contribution in [0, 0.1) is 6.92 Å². The van der Waals surface area contributed by atoms with Crippen LogP contribution in [0.3, 0.4) is 0 Å². The lowest BCUT2D eigenvalue weighted by Gasteiger charge is -2.28. The third kappa shape index (κ3) is 2.07. The number of hydrogen-bond donors (Lipinski definition) is 1. The number of hydrogen-bond acceptors (Lipinski definition) is 2. The molecular weight excluding hydrogens is 234 g/mol. The molecule has 2 aromatic carbocycles. The fraction of sp³-hybridized carbons (Fsp3) is 0.294. The van der Waals surface area contributed by atoms with E-state index in [-0.39, 0.29) is 11.6 Å². The van der Waals surface area contributed by atoms with Gasteiger partial charge in [-0.15, -0.1) is 0 Å². The summed E-state index contributed by atoms with van der Waals surface area (Å²) in [5.74, 6) is 0.985. The molecule has 0 fully saturated rings. The number of ether oxygens (including phenoxy) is 1. The number of anilines is 1. The van der Waals surface area contributed by atoms with Gasteiger partial charge in [-0.25, -0.2) is 0 Å². The highest BCUT2D eigenvalue weighted by Crippen LogP contribution is 2.44. The Bertz CT molecular complexity index is 604. The van der Waals surface area contributed by atoms with Gasteiger partial charge in [0.2, 0.25) is 0 Å². The van der Waals surface area contributed by atoms with Crippen LogP contribution < -0.4 is 10.1 Å². The first-order valence-electron chi connectivity index (χ1n) is 6.68. The van der Waals surface area contributed by atoms with Crippen molar-refractivity contribution in [3.05, 3.63) is 59.7 Å². The fourth-order valence-corrected chi connectivity index (χ4v) is 2.67. The van der Waals surface area contributed by atoms with E-state index in [0.29, 0.717) is 0 Å². The Hall–Kier alpha value is -1.96. The summed E-state index contributed by atoms with van der Waals surface area (Å²) in [7, 11) is 0. The number of benzene rings is 2. The van der Waals surface area contributed by atoms with Crippen LogP contribution in [0.1, 0.15) is 31.0 Å². The molecule has 0 bridgehead atoms. The molecule has 1 aliphatic heterocycles. The SMILES string of the molecule is Cc1ccccc1NC1c2ccccc2OC1(C)C. The van der Waals surface area contributed by atoms with Gasteiger partial charge >= 0.3 is 0 Å². The normalized spacial score (nSPS) is 19.6. The van der Waals surface area contributed by atoms with E-state index in [4.69, 9.17) is 4.74 Å². The second-order valence-electron chi connectivity index (χ2n) is 5.64. The lowest BCUT2D eigenvalue weighted by molar-refractivity contribution is 0.118. The van der Waals surface area contributed by atoms with Crippen molar-refractivity contribution >= 4 is 5.69 Å². The highest BCUT2D eigenvalue weighted by Gasteiger charge is 2.40. The van der Waals surface area contributed by atoms with E-state index in [9.17, 15) is 0 Å². The predicted molar refractivity (Wildman–Crippen MR) is 78.7 cm³/mol. The molecule has 2 aromatic rings. The molecule has 19 heavy (non-hydrogen) atoms. The van der Waals surface area contributed by atoms with Crippen LogP contribution >= 0.6 is 0 Å². The van der Waals surface area contributed by atoms with Gasteiger partial charge < -0.3 is 10.1 Å². The molecule has 2 heteroatoms. The van der Waals surface area contributed by atoms with Crippen LogP contribution in [0.4, 0.5) is 5.69 Å². The first-order valence-corrected chi connectivity index (χ1v) is 6.68. The largest absolute Gasteiger partial charge is 0.485 e. The molecule has 0 saturated heterocycles. The monoisotopic (exact) mass is 253 g/mol. The number of para-hydroxylation sites is 2. The van der Waals surface area contributed by atoms with Crippen molar-refractivity contribution in [3.8, 4) is 5.75 Å². The molecule has 0 aliphatic carbocycles. The van der Waals surface area contributed by atoms with Crippen molar-refractivity contribution in [2.24, 2.45) is 0 Å². The Labute approximate surface area is 114 Å². The molecule has 1 atom stereocenters. The summed E-state index contributed by atoms with van der Waals surface area (Å²) in [6.07, 6.45) is 0. The molecule has 0 saturated carbocycles. The minimum Gasteiger partial charge on any atom is -0.485 e. The summed E-state index contributed by atoms with van der Waals surface area (Å²) in [5.41, 5.74) is 3.41. The molecule has 1 unspecified atom stereocenters. The Morgan fingerprint density at radius 3 is 2.47 bits per heavy atom. The Kier molecular flexibility index (Phi) is 2.74. The molecule has 0 radical (unpaired) electrons. The van der Waals surface area contributed by atoms with Crippen LogP contribution in [-0.2, 0) is 0 Å². The maximum Gasteiger partial charge on any atom is 0.128 e. The zero-order chi connectivity index (χ0) is 13.5. The Balaban J connectivity index is 1.98. The van der Waals surface area contributed by atoms with Crippen LogP contribution in [0.2, 0.25) is 0 Å². The second kappa shape index (κ2) is 4.30. The standard InChI is InChI=1S/C17H19NO/c1-12-8-4-6-10-14(12)18-16-13-9-5-7-11-15(13)19-17(16,2)3/h4-11,16,18H,1-3H3. The van der Waals surface area contributed by atoms with E-state index in [2.05, 4.69) is 62.5 Å². The summed E-state index contributed by atoms with van der Waals surface area (Å²) >= 11 is 0. The van der Waals surface area contributed by atoms with Crippen molar-refractivity contribution in [1.29, 1.82) is 0 Å². The minimum atomic E-state index is -0.244. The number of rotatable bonds is 2. The smallest absolute Gasteiger partial charge is 0.128 e. The van der Waals surface area contributed by atoms with E-state index in [1.54, 1.807) is 0 Å². The van der Waals surface area contributed by atoms with Gasteiger partial charge in [-0.3, -0.25) is 0 Å². The lowest BCUT2D eigenvalue weighted by atomic mass is 9.94. The van der Waals surface area contributed by atoms with Crippen LogP contribution in [-0.4, -0.2) is 5.60 Å². The predicted octanol–water partition coefficient (Wildman–Crippen LogP) is 4.32. The zero-order valence-electron chi connectivity index (χ0n) is 11.6. The van der Waals surface area contributed by atoms with Crippen LogP contribution in [0.5, 0.6) is 5.75 Å². The summed E-state index contributed by atoms with van der Waals surface area (Å²) in [4.78, 5) is 0. The maximum atomic E-state index is 6.06. The average molecular weight is 253 g/mol. The van der Waals surface area contributed by atoms with Crippen molar-refractivity contribution in [3.63, 3.8) is 0 Å². The highest BCUT2D eigenvalue weighted by atomic mass is 16.5. The first kappa shape index (κ1) is 12.1. The van der Waals surface area contributed by atoms with Gasteiger partial charge in [0.25, 0.3) is 0 Å². The summed E-state index contributed by atoms with van der Waals surface area (Å²) in [6, 6.07) is 16.8. The Morgan fingerprint density at radius 2 is 1.68 bits per heavy atom. The molecule has 1 N–H and O–H groups in total. The number of aryl methyl sites for hydroxylation is 1. The molecule has 1 heterocycles. The van der Waals surface area contributed by atoms with E-state index >= 15 is 0 Å². The van der Waals surface area contributed by atoms with Crippen LogP contribution in [0.15, 0.2) is 48.5 Å². The number of nitrogens with one attached hydrogen (secondary N) is 1. The molecular formula is C17H19NO. The third-order valence-electron chi connectivity index (χ3n) is 3.74. The summed E-state index contributed by atoms with van der Waals surface area (Å²) < 4.78 is 6.06. The molecule has 1 aliphatic rings. The maximum absolute atomic E-state index is 6.06. The van der Waals surface area contributed by atoms with Crippen molar-refractivity contribution in [2.75, 3.05) is 5.32 Å². The van der Waals surface area contributed by atoms with Gasteiger partial charge in [-0.05, 0) is 38.5 Å². The molecule has 3 rings (SSSR count). The third-order valence-corrected chi connectivity index (χ3v) is 3.74. The van der Waals surface area contributed by atoms with Crippen molar-refractivity contribution in [1.82, 2.24) is 0 Å². The van der Waals surface area contributed by atoms with Crippen molar-refractivity contribution in [2.45, 2.75) is 32.4 Å². The van der Waals surface area contributed by atoms with Gasteiger partial charge in [-0.1, -0.05) is 36.4 Å². The topological polar surface area (TPSA) is 21.3 Å². The van der Waals surface area contributed by atoms with Gasteiger partial charge in [0.1, 0.15) is 11.4 Å². The van der Waals surface area contributed by atoms with Crippen LogP contribution in [0.25, 0.3) is 0 Å². The quantitative estimate of drug-likeness (QED) is 0.860. The van der Waals surface area contributed by atoms with Crippen molar-refractivity contribution < 1.29 is 4.74 Å². The molecule has 0 spiro atoms. The molecule has 98 valence electrons. The molecule has 0 aromatic heterocycles. The fourth-order valence-electron chi connectivity index (χ4n) is 2.67. The van der Waals surface area contributed by atoms with Gasteiger partial charge in [0.05, 0.1) is 6.04 Å². The minimum absolute atomic E-state index is 0.171. The van der Waals surface area contributed by atoms with E-state index in [1.807, 2.05) is 12.1 Å². The van der Waals surface area contributed by atoms with Gasteiger partial charge in [-0.2, -0.15) is 0 Å². The summed E-state index contributed by atoms with van der Waals surface area (Å²) in [5, 5.41) is 3.63. The summed E-state index contributed by atoms with van der Waals surface area (Å²) in [6.45, 7) is 6.38. The van der Waals surface area contributed by atoms with Gasteiger partial charge in [0, 0.05) is 11.3 Å². The zero-order valence-corrected chi connectivity index (χ0v) is 11.6.